The van der Waals surface area contributed by atoms with E-state index in [9.17, 15) is 34.8 Å². The Balaban J connectivity index is 2.32. The summed E-state index contributed by atoms with van der Waals surface area (Å²) >= 11 is 0. The van der Waals surface area contributed by atoms with Gasteiger partial charge in [-0.05, 0) is 77.0 Å². The predicted molar refractivity (Wildman–Crippen MR) is 252 cm³/mol. The normalized spacial score (nSPS) is 19.8. The third-order valence-corrected chi connectivity index (χ3v) is 11.4. The topological polar surface area (TPSA) is 169 Å². The second-order valence-electron chi connectivity index (χ2n) is 17.3. The lowest BCUT2D eigenvalue weighted by Gasteiger charge is -2.38. The first kappa shape index (κ1) is 58.2. The van der Waals surface area contributed by atoms with Crippen LogP contribution in [0.25, 0.3) is 0 Å². The molecular weight excluding hydrogens is 801 g/mol. The molecule has 0 amide bonds. The van der Waals surface area contributed by atoms with Gasteiger partial charge < -0.3 is 39.4 Å². The van der Waals surface area contributed by atoms with Crippen molar-refractivity contribution in [2.45, 2.75) is 250 Å². The number of aliphatic hydroxyl groups excluding tert-OH is 3. The maximum atomic E-state index is 12.8. The van der Waals surface area contributed by atoms with E-state index in [1.165, 1.54) is 96.3 Å². The maximum absolute atomic E-state index is 12.8. The van der Waals surface area contributed by atoms with E-state index in [4.69, 9.17) is 18.9 Å². The standard InChI is InChI=1S/C52H90O11/c1-3-5-7-9-11-13-15-17-19-21-22-23-24-25-27-28-30-32-34-36-38-40-45(53)60-42-44(43-61-52-49(57)47(55)48(56)50(63-52)51(58)59)62-46(54)41-39-37-35-33-31-29-26-20-18-16-14-12-10-8-6-4-2/h14-17,20-22,26,44,47-50,52,55-57H,3-13,18-19,23-25,27-43H2,1-2H3,(H,58,59)/b16-14-,17-15-,22-21-,26-20-. The second-order valence-corrected chi connectivity index (χ2v) is 17.3. The zero-order valence-electron chi connectivity index (χ0n) is 39.6. The molecule has 0 aromatic carbocycles. The third kappa shape index (κ3) is 33.3. The number of ether oxygens (including phenoxy) is 4. The molecule has 63 heavy (non-hydrogen) atoms. The Hall–Kier alpha value is -2.83. The van der Waals surface area contributed by atoms with Crippen molar-refractivity contribution in [2.75, 3.05) is 13.2 Å². The summed E-state index contributed by atoms with van der Waals surface area (Å²) in [7, 11) is 0. The van der Waals surface area contributed by atoms with Gasteiger partial charge in [-0.2, -0.15) is 0 Å². The molecule has 1 saturated heterocycles. The van der Waals surface area contributed by atoms with Gasteiger partial charge in [-0.3, -0.25) is 9.59 Å². The van der Waals surface area contributed by atoms with E-state index in [1.807, 2.05) is 0 Å². The van der Waals surface area contributed by atoms with Gasteiger partial charge in [0.25, 0.3) is 0 Å². The highest BCUT2D eigenvalue weighted by molar-refractivity contribution is 5.73. The molecule has 0 bridgehead atoms. The molecule has 364 valence electrons. The van der Waals surface area contributed by atoms with Gasteiger partial charge in [0.2, 0.25) is 0 Å². The number of rotatable bonds is 42. The van der Waals surface area contributed by atoms with Crippen molar-refractivity contribution in [1.29, 1.82) is 0 Å². The minimum atomic E-state index is -1.87. The molecule has 0 aromatic rings. The smallest absolute Gasteiger partial charge is 0.335 e. The number of aliphatic hydroxyl groups is 3. The molecule has 0 aromatic heterocycles. The summed E-state index contributed by atoms with van der Waals surface area (Å²) in [6.45, 7) is 3.78. The van der Waals surface area contributed by atoms with Gasteiger partial charge in [0, 0.05) is 12.8 Å². The van der Waals surface area contributed by atoms with Crippen LogP contribution in [0.15, 0.2) is 48.6 Å². The molecule has 0 radical (unpaired) electrons. The van der Waals surface area contributed by atoms with Crippen molar-refractivity contribution in [1.82, 2.24) is 0 Å². The number of carbonyl (C=O) groups is 3. The van der Waals surface area contributed by atoms with Crippen LogP contribution in [0.4, 0.5) is 0 Å². The molecule has 1 aliphatic rings. The van der Waals surface area contributed by atoms with Crippen molar-refractivity contribution in [3.05, 3.63) is 48.6 Å². The first-order valence-electron chi connectivity index (χ1n) is 25.2. The number of esters is 2. The Kier molecular flexibility index (Phi) is 38.6. The average molecular weight is 891 g/mol. The molecule has 1 rings (SSSR count). The van der Waals surface area contributed by atoms with Crippen molar-refractivity contribution in [3.8, 4) is 0 Å². The van der Waals surface area contributed by atoms with Gasteiger partial charge in [0.15, 0.2) is 18.5 Å². The van der Waals surface area contributed by atoms with Gasteiger partial charge in [-0.15, -0.1) is 0 Å². The monoisotopic (exact) mass is 891 g/mol. The van der Waals surface area contributed by atoms with Crippen LogP contribution < -0.4 is 0 Å². The number of unbranched alkanes of at least 4 members (excludes halogenated alkanes) is 23. The number of aliphatic carboxylic acids is 1. The molecule has 6 atom stereocenters. The Morgan fingerprint density at radius 3 is 1.33 bits per heavy atom. The molecule has 0 saturated carbocycles. The van der Waals surface area contributed by atoms with E-state index in [0.29, 0.717) is 12.8 Å². The Morgan fingerprint density at radius 1 is 0.492 bits per heavy atom. The second kappa shape index (κ2) is 41.8. The number of hydrogen-bond acceptors (Lipinski definition) is 10. The number of carbonyl (C=O) groups excluding carboxylic acids is 2. The van der Waals surface area contributed by atoms with E-state index in [2.05, 4.69) is 62.5 Å². The molecule has 11 nitrogen and oxygen atoms in total. The van der Waals surface area contributed by atoms with Gasteiger partial charge in [0.05, 0.1) is 6.61 Å². The van der Waals surface area contributed by atoms with E-state index in [0.717, 1.165) is 77.0 Å². The molecule has 11 heteroatoms. The minimum Gasteiger partial charge on any atom is -0.479 e. The summed E-state index contributed by atoms with van der Waals surface area (Å²) in [5.41, 5.74) is 0. The Morgan fingerprint density at radius 2 is 0.889 bits per heavy atom. The predicted octanol–water partition coefficient (Wildman–Crippen LogP) is 11.7. The van der Waals surface area contributed by atoms with Gasteiger partial charge in [0.1, 0.15) is 24.9 Å². The van der Waals surface area contributed by atoms with Crippen LogP contribution in [0.5, 0.6) is 0 Å². The molecule has 0 aliphatic carbocycles. The molecule has 4 N–H and O–H groups in total. The van der Waals surface area contributed by atoms with E-state index >= 15 is 0 Å². The Bertz CT molecular complexity index is 1230. The number of carboxylic acids is 1. The number of carboxylic acid groups (broad SMARTS) is 1. The molecule has 1 fully saturated rings. The lowest BCUT2D eigenvalue weighted by Crippen LogP contribution is -2.60. The van der Waals surface area contributed by atoms with Crippen LogP contribution in [-0.4, -0.2) is 88.4 Å². The van der Waals surface area contributed by atoms with E-state index in [1.54, 1.807) is 0 Å². The summed E-state index contributed by atoms with van der Waals surface area (Å²) in [5, 5.41) is 39.9. The SMILES string of the molecule is CCCCCC/C=C\C/C=C\CCCCCCCC(=O)OC(COC(=O)CCCCCCCCCCC/C=C\C/C=C\CCCCCCC)COC1OC(C(=O)O)C(O)C(O)C1O. The molecule has 1 heterocycles. The quantitative estimate of drug-likeness (QED) is 0.0261. The first-order valence-corrected chi connectivity index (χ1v) is 25.2. The third-order valence-electron chi connectivity index (χ3n) is 11.4. The lowest BCUT2D eigenvalue weighted by atomic mass is 9.99. The number of hydrogen-bond donors (Lipinski definition) is 4. The molecule has 0 spiro atoms. The van der Waals surface area contributed by atoms with Crippen molar-refractivity contribution < 1.29 is 53.8 Å². The fourth-order valence-electron chi connectivity index (χ4n) is 7.41. The summed E-state index contributed by atoms with van der Waals surface area (Å²) in [5.74, 6) is -2.46. The fourth-order valence-corrected chi connectivity index (χ4v) is 7.41. The van der Waals surface area contributed by atoms with Crippen LogP contribution in [0.1, 0.15) is 213 Å². The van der Waals surface area contributed by atoms with Crippen molar-refractivity contribution >= 4 is 17.9 Å². The first-order chi connectivity index (χ1) is 30.7. The summed E-state index contributed by atoms with van der Waals surface area (Å²) in [6, 6.07) is 0. The highest BCUT2D eigenvalue weighted by Crippen LogP contribution is 2.23. The van der Waals surface area contributed by atoms with Crippen LogP contribution in [0.3, 0.4) is 0 Å². The van der Waals surface area contributed by atoms with Crippen LogP contribution in [0, 0.1) is 0 Å². The van der Waals surface area contributed by atoms with Crippen LogP contribution >= 0.6 is 0 Å². The molecular formula is C52H90O11. The lowest BCUT2D eigenvalue weighted by molar-refractivity contribution is -0.298. The summed E-state index contributed by atoms with van der Waals surface area (Å²) in [6.07, 6.45) is 41.5. The number of allylic oxidation sites excluding steroid dienone is 8. The molecule has 1 aliphatic heterocycles. The zero-order chi connectivity index (χ0) is 46.0. The van der Waals surface area contributed by atoms with Crippen LogP contribution in [-0.2, 0) is 33.3 Å². The van der Waals surface area contributed by atoms with Gasteiger partial charge in [-0.1, -0.05) is 172 Å². The van der Waals surface area contributed by atoms with E-state index in [-0.39, 0.29) is 19.4 Å². The minimum absolute atomic E-state index is 0.165. The average Bonchev–Trinajstić information content (AvgIpc) is 3.27. The largest absolute Gasteiger partial charge is 0.479 e. The summed E-state index contributed by atoms with van der Waals surface area (Å²) in [4.78, 5) is 36.9. The van der Waals surface area contributed by atoms with Crippen molar-refractivity contribution in [2.24, 2.45) is 0 Å². The Labute approximate surface area is 382 Å². The molecule has 6 unspecified atom stereocenters. The van der Waals surface area contributed by atoms with E-state index < -0.39 is 61.3 Å². The highest BCUT2D eigenvalue weighted by Gasteiger charge is 2.47. The highest BCUT2D eigenvalue weighted by atomic mass is 16.7. The van der Waals surface area contributed by atoms with Gasteiger partial charge in [-0.25, -0.2) is 4.79 Å². The zero-order valence-corrected chi connectivity index (χ0v) is 39.6. The summed E-state index contributed by atoms with van der Waals surface area (Å²) < 4.78 is 21.8. The maximum Gasteiger partial charge on any atom is 0.335 e. The van der Waals surface area contributed by atoms with Crippen molar-refractivity contribution in [3.63, 3.8) is 0 Å². The van der Waals surface area contributed by atoms with Crippen LogP contribution in [0.2, 0.25) is 0 Å². The van der Waals surface area contributed by atoms with Gasteiger partial charge >= 0.3 is 17.9 Å². The fraction of sp³-hybridized carbons (Fsp3) is 0.788.